The summed E-state index contributed by atoms with van der Waals surface area (Å²) in [5, 5.41) is 15.3. The third-order valence-corrected chi connectivity index (χ3v) is 5.01. The van der Waals surface area contributed by atoms with Crippen LogP contribution in [0.3, 0.4) is 0 Å². The van der Waals surface area contributed by atoms with Crippen molar-refractivity contribution in [1.29, 1.82) is 0 Å². The molecule has 0 bridgehead atoms. The van der Waals surface area contributed by atoms with E-state index in [0.29, 0.717) is 23.9 Å². The summed E-state index contributed by atoms with van der Waals surface area (Å²) in [7, 11) is 0.904. The molecule has 6 nitrogen and oxygen atoms in total. The van der Waals surface area contributed by atoms with Crippen LogP contribution >= 0.6 is 0 Å². The van der Waals surface area contributed by atoms with Crippen LogP contribution in [0.1, 0.15) is 24.0 Å². The largest absolute Gasteiger partial charge is 0.496 e. The van der Waals surface area contributed by atoms with Gasteiger partial charge in [0.15, 0.2) is 5.84 Å². The minimum Gasteiger partial charge on any atom is -0.496 e. The molecule has 0 aromatic heterocycles. The van der Waals surface area contributed by atoms with Crippen LogP contribution in [0.15, 0.2) is 23.4 Å². The number of nitrogens with one attached hydrogen (secondary N) is 1. The summed E-state index contributed by atoms with van der Waals surface area (Å²) in [6, 6.07) is 6.00. The Morgan fingerprint density at radius 2 is 2.24 bits per heavy atom. The quantitative estimate of drug-likeness (QED) is 0.323. The molecule has 0 aliphatic carbocycles. The van der Waals surface area contributed by atoms with Gasteiger partial charge >= 0.3 is 0 Å². The molecule has 1 aliphatic heterocycles. The van der Waals surface area contributed by atoms with E-state index < -0.39 is 10.8 Å². The van der Waals surface area contributed by atoms with E-state index in [2.05, 4.69) is 10.5 Å². The molecular weight excluding hydrogens is 290 g/mol. The lowest BCUT2D eigenvalue weighted by molar-refractivity contribution is 0.318. The first-order chi connectivity index (χ1) is 10.1. The summed E-state index contributed by atoms with van der Waals surface area (Å²) in [5.74, 6) is 2.15. The second kappa shape index (κ2) is 7.42. The van der Waals surface area contributed by atoms with E-state index in [1.807, 2.05) is 12.1 Å². The molecular formula is C14H21N3O3S. The minimum atomic E-state index is -0.641. The van der Waals surface area contributed by atoms with Crippen LogP contribution in [-0.2, 0) is 17.3 Å². The number of amidine groups is 1. The van der Waals surface area contributed by atoms with Gasteiger partial charge in [0, 0.05) is 34.9 Å². The van der Waals surface area contributed by atoms with Crippen LogP contribution in [0, 0.1) is 0 Å². The molecule has 0 spiro atoms. The van der Waals surface area contributed by atoms with Crippen molar-refractivity contribution in [3.8, 4) is 5.75 Å². The second-order valence-electron chi connectivity index (χ2n) is 5.02. The number of ether oxygens (including phenoxy) is 1. The summed E-state index contributed by atoms with van der Waals surface area (Å²) in [4.78, 5) is 0. The number of benzene rings is 1. The van der Waals surface area contributed by atoms with Gasteiger partial charge in [-0.25, -0.2) is 0 Å². The Morgan fingerprint density at radius 1 is 1.52 bits per heavy atom. The number of rotatable bonds is 5. The number of oxime groups is 1. The maximum atomic E-state index is 11.3. The van der Waals surface area contributed by atoms with Crippen LogP contribution < -0.4 is 15.8 Å². The normalized spacial score (nSPS) is 23.0. The average Bonchev–Trinajstić information content (AvgIpc) is 2.53. The van der Waals surface area contributed by atoms with E-state index in [0.717, 1.165) is 29.9 Å². The zero-order chi connectivity index (χ0) is 15.2. The molecule has 0 atom stereocenters. The molecule has 1 aliphatic rings. The Kier molecular flexibility index (Phi) is 5.58. The highest BCUT2D eigenvalue weighted by Gasteiger charge is 2.17. The third-order valence-electron chi connectivity index (χ3n) is 3.63. The standard InChI is InChI=1S/C14H21N3O3S/c1-20-13-3-2-10(8-12(13)14(15)17-18)9-16-11-4-6-21(19)7-5-11/h2-3,8,11,16,18H,4-7,9H2,1H3,(H2,15,17). The lowest BCUT2D eigenvalue weighted by atomic mass is 10.1. The van der Waals surface area contributed by atoms with Crippen LogP contribution in [0.5, 0.6) is 5.75 Å². The van der Waals surface area contributed by atoms with Crippen molar-refractivity contribution >= 4 is 16.6 Å². The van der Waals surface area contributed by atoms with E-state index in [1.54, 1.807) is 13.2 Å². The van der Waals surface area contributed by atoms with Crippen molar-refractivity contribution in [2.24, 2.45) is 10.9 Å². The molecule has 21 heavy (non-hydrogen) atoms. The van der Waals surface area contributed by atoms with Crippen molar-refractivity contribution in [1.82, 2.24) is 5.32 Å². The minimum absolute atomic E-state index is 0.0294. The molecule has 2 rings (SSSR count). The Balaban J connectivity index is 2.02. The Bertz CT molecular complexity index is 538. The Hall–Kier alpha value is -1.60. The molecule has 0 radical (unpaired) electrons. The lowest BCUT2D eigenvalue weighted by Gasteiger charge is -2.22. The van der Waals surface area contributed by atoms with E-state index >= 15 is 0 Å². The first-order valence-corrected chi connectivity index (χ1v) is 8.36. The highest BCUT2D eigenvalue weighted by atomic mass is 32.2. The molecule has 1 aromatic rings. The predicted molar refractivity (Wildman–Crippen MR) is 83.2 cm³/mol. The number of hydrogen-bond donors (Lipinski definition) is 3. The summed E-state index contributed by atoms with van der Waals surface area (Å²) in [6.07, 6.45) is 1.88. The predicted octanol–water partition coefficient (Wildman–Crippen LogP) is 0.790. The van der Waals surface area contributed by atoms with E-state index in [-0.39, 0.29) is 5.84 Å². The smallest absolute Gasteiger partial charge is 0.173 e. The van der Waals surface area contributed by atoms with E-state index in [1.165, 1.54) is 0 Å². The van der Waals surface area contributed by atoms with E-state index in [9.17, 15) is 4.21 Å². The van der Waals surface area contributed by atoms with Crippen LogP contribution in [0.4, 0.5) is 0 Å². The fourth-order valence-corrected chi connectivity index (χ4v) is 3.68. The molecule has 1 aromatic carbocycles. The first kappa shape index (κ1) is 15.8. The molecule has 0 saturated carbocycles. The van der Waals surface area contributed by atoms with Gasteiger partial charge in [-0.05, 0) is 30.5 Å². The fourth-order valence-electron chi connectivity index (χ4n) is 2.38. The molecule has 1 saturated heterocycles. The van der Waals surface area contributed by atoms with Gasteiger partial charge < -0.3 is 21.0 Å². The van der Waals surface area contributed by atoms with Gasteiger partial charge in [0.25, 0.3) is 0 Å². The van der Waals surface area contributed by atoms with Crippen molar-refractivity contribution < 1.29 is 14.2 Å². The fraction of sp³-hybridized carbons (Fsp3) is 0.500. The van der Waals surface area contributed by atoms with Crippen molar-refractivity contribution in [3.63, 3.8) is 0 Å². The zero-order valence-electron chi connectivity index (χ0n) is 12.0. The Morgan fingerprint density at radius 3 is 2.86 bits per heavy atom. The molecule has 1 fully saturated rings. The molecule has 0 amide bonds. The van der Waals surface area contributed by atoms with Gasteiger partial charge in [0.05, 0.1) is 12.7 Å². The topological polar surface area (TPSA) is 96.9 Å². The first-order valence-electron chi connectivity index (χ1n) is 6.87. The summed E-state index contributed by atoms with van der Waals surface area (Å²) >= 11 is 0. The van der Waals surface area contributed by atoms with Gasteiger partial charge in [0.1, 0.15) is 5.75 Å². The van der Waals surface area contributed by atoms with Crippen LogP contribution in [0.2, 0.25) is 0 Å². The second-order valence-corrected chi connectivity index (χ2v) is 6.72. The molecule has 0 unspecified atom stereocenters. The van der Waals surface area contributed by atoms with E-state index in [4.69, 9.17) is 15.7 Å². The molecule has 116 valence electrons. The number of hydrogen-bond acceptors (Lipinski definition) is 5. The maximum Gasteiger partial charge on any atom is 0.173 e. The third kappa shape index (κ3) is 4.18. The maximum absolute atomic E-state index is 11.3. The molecule has 4 N–H and O–H groups in total. The van der Waals surface area contributed by atoms with Gasteiger partial charge in [-0.1, -0.05) is 11.2 Å². The average molecular weight is 311 g/mol. The Labute approximate surface area is 126 Å². The molecule has 1 heterocycles. The number of nitrogens with two attached hydrogens (primary N) is 1. The van der Waals surface area contributed by atoms with Crippen molar-refractivity contribution in [2.45, 2.75) is 25.4 Å². The highest BCUT2D eigenvalue weighted by Crippen LogP contribution is 2.20. The number of nitrogens with zero attached hydrogens (tertiary/aromatic N) is 1. The summed E-state index contributed by atoms with van der Waals surface area (Å²) in [5.41, 5.74) is 7.26. The van der Waals surface area contributed by atoms with Gasteiger partial charge in [-0.3, -0.25) is 4.21 Å². The number of methoxy groups -OCH3 is 1. The SMILES string of the molecule is COc1ccc(CNC2CCS(=O)CC2)cc1/C(N)=N/O. The van der Waals surface area contributed by atoms with Gasteiger partial charge in [-0.2, -0.15) is 0 Å². The van der Waals surface area contributed by atoms with Crippen LogP contribution in [-0.4, -0.2) is 39.9 Å². The van der Waals surface area contributed by atoms with Gasteiger partial charge in [-0.15, -0.1) is 0 Å². The lowest BCUT2D eigenvalue weighted by Crippen LogP contribution is -2.35. The van der Waals surface area contributed by atoms with Crippen molar-refractivity contribution in [2.75, 3.05) is 18.6 Å². The molecule has 7 heteroatoms. The summed E-state index contributed by atoms with van der Waals surface area (Å²) < 4.78 is 16.5. The van der Waals surface area contributed by atoms with Crippen molar-refractivity contribution in [3.05, 3.63) is 29.3 Å². The monoisotopic (exact) mass is 311 g/mol. The van der Waals surface area contributed by atoms with Crippen LogP contribution in [0.25, 0.3) is 0 Å². The summed E-state index contributed by atoms with van der Waals surface area (Å²) in [6.45, 7) is 0.688. The van der Waals surface area contributed by atoms with Gasteiger partial charge in [0.2, 0.25) is 0 Å². The zero-order valence-corrected chi connectivity index (χ0v) is 12.9. The highest BCUT2D eigenvalue weighted by molar-refractivity contribution is 7.85.